The van der Waals surface area contributed by atoms with Gasteiger partial charge in [-0.15, -0.1) is 0 Å². The Kier molecular flexibility index (Phi) is 6.80. The van der Waals surface area contributed by atoms with Gasteiger partial charge in [-0.05, 0) is 71.6 Å². The van der Waals surface area contributed by atoms with Gasteiger partial charge in [-0.25, -0.2) is 0 Å². The van der Waals surface area contributed by atoms with Gasteiger partial charge in [0.2, 0.25) is 5.91 Å². The van der Waals surface area contributed by atoms with Crippen LogP contribution in [0.2, 0.25) is 0 Å². The third kappa shape index (κ3) is 5.06. The van der Waals surface area contributed by atoms with Gasteiger partial charge in [0.25, 0.3) is 0 Å². The molecule has 2 heterocycles. The number of unbranched alkanes of at least 4 members (excludes halogenated alkanes) is 1. The van der Waals surface area contributed by atoms with Crippen LogP contribution in [0.4, 0.5) is 0 Å². The van der Waals surface area contributed by atoms with Crippen LogP contribution in [-0.4, -0.2) is 49.6 Å². The zero-order valence-corrected chi connectivity index (χ0v) is 13.0. The second-order valence-electron chi connectivity index (χ2n) is 6.40. The molecule has 0 aromatic rings. The van der Waals surface area contributed by atoms with Gasteiger partial charge in [0.05, 0.1) is 0 Å². The van der Waals surface area contributed by atoms with E-state index >= 15 is 0 Å². The number of piperidine rings is 2. The van der Waals surface area contributed by atoms with Crippen molar-refractivity contribution < 1.29 is 4.79 Å². The monoisotopic (exact) mass is 281 g/mol. The third-order valence-corrected chi connectivity index (χ3v) is 4.82. The number of hydrogen-bond acceptors (Lipinski definition) is 3. The highest BCUT2D eigenvalue weighted by Gasteiger charge is 2.20. The van der Waals surface area contributed by atoms with E-state index in [4.69, 9.17) is 0 Å². The molecule has 20 heavy (non-hydrogen) atoms. The van der Waals surface area contributed by atoms with Crippen LogP contribution in [0.25, 0.3) is 0 Å². The fourth-order valence-electron chi connectivity index (χ4n) is 3.37. The molecular weight excluding hydrogens is 250 g/mol. The molecule has 0 radical (unpaired) electrons. The van der Waals surface area contributed by atoms with Gasteiger partial charge < -0.3 is 15.5 Å². The van der Waals surface area contributed by atoms with Crippen LogP contribution in [0, 0.1) is 5.92 Å². The van der Waals surface area contributed by atoms with Gasteiger partial charge in [-0.3, -0.25) is 4.79 Å². The highest BCUT2D eigenvalue weighted by atomic mass is 16.1. The number of carbonyl (C=O) groups excluding carboxylic acids is 1. The number of hydrogen-bond donors (Lipinski definition) is 2. The van der Waals surface area contributed by atoms with E-state index in [1.165, 1.54) is 38.8 Å². The van der Waals surface area contributed by atoms with Crippen LogP contribution in [0.1, 0.15) is 51.9 Å². The Morgan fingerprint density at radius 1 is 1.20 bits per heavy atom. The average molecular weight is 281 g/mol. The number of rotatable bonds is 6. The summed E-state index contributed by atoms with van der Waals surface area (Å²) in [5, 5.41) is 6.42. The zero-order chi connectivity index (χ0) is 14.2. The molecule has 2 aliphatic rings. The van der Waals surface area contributed by atoms with Crippen molar-refractivity contribution in [3.05, 3.63) is 0 Å². The lowest BCUT2D eigenvalue weighted by Gasteiger charge is -2.33. The topological polar surface area (TPSA) is 44.4 Å². The number of carbonyl (C=O) groups is 1. The van der Waals surface area contributed by atoms with E-state index < -0.39 is 0 Å². The molecule has 2 aliphatic heterocycles. The molecule has 4 heteroatoms. The highest BCUT2D eigenvalue weighted by molar-refractivity contribution is 5.78. The third-order valence-electron chi connectivity index (χ3n) is 4.82. The van der Waals surface area contributed by atoms with Gasteiger partial charge in [-0.2, -0.15) is 0 Å². The minimum atomic E-state index is 0.248. The van der Waals surface area contributed by atoms with E-state index in [1.807, 2.05) is 0 Å². The summed E-state index contributed by atoms with van der Waals surface area (Å²) in [6, 6.07) is 0.757. The summed E-state index contributed by atoms with van der Waals surface area (Å²) < 4.78 is 0. The Balaban J connectivity index is 1.51. The van der Waals surface area contributed by atoms with Crippen molar-refractivity contribution in [2.45, 2.75) is 57.9 Å². The van der Waals surface area contributed by atoms with Crippen molar-refractivity contribution in [1.82, 2.24) is 15.5 Å². The predicted molar refractivity (Wildman–Crippen MR) is 82.7 cm³/mol. The summed E-state index contributed by atoms with van der Waals surface area (Å²) in [7, 11) is 0. The van der Waals surface area contributed by atoms with Crippen molar-refractivity contribution in [2.75, 3.05) is 32.7 Å². The maximum Gasteiger partial charge on any atom is 0.223 e. The van der Waals surface area contributed by atoms with Gasteiger partial charge in [-0.1, -0.05) is 6.42 Å². The van der Waals surface area contributed by atoms with E-state index in [0.29, 0.717) is 0 Å². The number of nitrogens with zero attached hydrogens (tertiary/aromatic N) is 1. The maximum atomic E-state index is 12.0. The lowest BCUT2D eigenvalue weighted by molar-refractivity contribution is -0.125. The highest BCUT2D eigenvalue weighted by Crippen LogP contribution is 2.16. The minimum absolute atomic E-state index is 0.248. The Hall–Kier alpha value is -0.610. The second kappa shape index (κ2) is 8.63. The Labute approximate surface area is 123 Å². The number of nitrogens with one attached hydrogen (secondary N) is 2. The van der Waals surface area contributed by atoms with Crippen LogP contribution in [0.3, 0.4) is 0 Å². The maximum absolute atomic E-state index is 12.0. The van der Waals surface area contributed by atoms with Crippen molar-refractivity contribution in [2.24, 2.45) is 5.92 Å². The Morgan fingerprint density at radius 3 is 2.75 bits per heavy atom. The summed E-state index contributed by atoms with van der Waals surface area (Å²) >= 11 is 0. The van der Waals surface area contributed by atoms with Crippen molar-refractivity contribution in [3.8, 4) is 0 Å². The summed E-state index contributed by atoms with van der Waals surface area (Å²) in [6.45, 7) is 7.64. The molecule has 2 rings (SSSR count). The molecular formula is C16H31N3O. The van der Waals surface area contributed by atoms with E-state index in [1.54, 1.807) is 0 Å². The molecule has 4 nitrogen and oxygen atoms in total. The quantitative estimate of drug-likeness (QED) is 0.729. The molecule has 2 saturated heterocycles. The largest absolute Gasteiger partial charge is 0.356 e. The van der Waals surface area contributed by atoms with Crippen LogP contribution >= 0.6 is 0 Å². The molecule has 0 aromatic heterocycles. The normalized spacial score (nSPS) is 25.6. The predicted octanol–water partition coefficient (Wildman–Crippen LogP) is 1.76. The SMILES string of the molecule is CC1CCCCN1CCCCNC(=O)C1CCNCC1. The van der Waals surface area contributed by atoms with Gasteiger partial charge in [0.1, 0.15) is 0 Å². The summed E-state index contributed by atoms with van der Waals surface area (Å²) in [5.74, 6) is 0.524. The fraction of sp³-hybridized carbons (Fsp3) is 0.938. The smallest absolute Gasteiger partial charge is 0.223 e. The Morgan fingerprint density at radius 2 is 2.00 bits per heavy atom. The number of amides is 1. The molecule has 0 bridgehead atoms. The van der Waals surface area contributed by atoms with E-state index in [0.717, 1.165) is 44.9 Å². The molecule has 2 fully saturated rings. The first-order valence-corrected chi connectivity index (χ1v) is 8.50. The van der Waals surface area contributed by atoms with Crippen molar-refractivity contribution >= 4 is 5.91 Å². The van der Waals surface area contributed by atoms with Crippen LogP contribution in [-0.2, 0) is 4.79 Å². The lowest BCUT2D eigenvalue weighted by atomic mass is 9.97. The number of likely N-dealkylation sites (tertiary alicyclic amines) is 1. The van der Waals surface area contributed by atoms with Crippen LogP contribution in [0.5, 0.6) is 0 Å². The van der Waals surface area contributed by atoms with E-state index in [2.05, 4.69) is 22.5 Å². The summed E-state index contributed by atoms with van der Waals surface area (Å²) in [4.78, 5) is 14.6. The van der Waals surface area contributed by atoms with Gasteiger partial charge in [0, 0.05) is 18.5 Å². The molecule has 2 N–H and O–H groups in total. The van der Waals surface area contributed by atoms with Crippen molar-refractivity contribution in [3.63, 3.8) is 0 Å². The Bertz CT molecular complexity index is 289. The first-order valence-electron chi connectivity index (χ1n) is 8.50. The van der Waals surface area contributed by atoms with E-state index in [-0.39, 0.29) is 11.8 Å². The first kappa shape index (κ1) is 15.8. The zero-order valence-electron chi connectivity index (χ0n) is 13.0. The molecule has 0 aliphatic carbocycles. The van der Waals surface area contributed by atoms with Gasteiger partial charge >= 0.3 is 0 Å². The molecule has 1 amide bonds. The molecule has 0 saturated carbocycles. The van der Waals surface area contributed by atoms with Crippen LogP contribution in [0.15, 0.2) is 0 Å². The fourth-order valence-corrected chi connectivity index (χ4v) is 3.37. The molecule has 116 valence electrons. The van der Waals surface area contributed by atoms with Crippen molar-refractivity contribution in [1.29, 1.82) is 0 Å². The summed E-state index contributed by atoms with van der Waals surface area (Å²) in [6.07, 6.45) is 8.41. The molecule has 0 spiro atoms. The first-order chi connectivity index (χ1) is 9.77. The molecule has 0 aromatic carbocycles. The van der Waals surface area contributed by atoms with Gasteiger partial charge in [0.15, 0.2) is 0 Å². The standard InChI is InChI=1S/C16H31N3O/c1-14-6-2-4-12-19(14)13-5-3-9-18-16(20)15-7-10-17-11-8-15/h14-15,17H,2-13H2,1H3,(H,18,20). The molecule has 1 atom stereocenters. The lowest BCUT2D eigenvalue weighted by Crippen LogP contribution is -2.39. The average Bonchev–Trinajstić information content (AvgIpc) is 2.49. The minimum Gasteiger partial charge on any atom is -0.356 e. The molecule has 1 unspecified atom stereocenters. The van der Waals surface area contributed by atoms with Crippen LogP contribution < -0.4 is 10.6 Å². The second-order valence-corrected chi connectivity index (χ2v) is 6.40. The van der Waals surface area contributed by atoms with E-state index in [9.17, 15) is 4.79 Å². The summed E-state index contributed by atoms with van der Waals surface area (Å²) in [5.41, 5.74) is 0.